The molecule has 0 saturated heterocycles. The van der Waals surface area contributed by atoms with Gasteiger partial charge < -0.3 is 25.6 Å². The molecule has 150 valence electrons. The Bertz CT molecular complexity index is 998. The summed E-state index contributed by atoms with van der Waals surface area (Å²) in [5.74, 6) is -0.593. The number of benzene rings is 2. The fourth-order valence-electron chi connectivity index (χ4n) is 3.72. The monoisotopic (exact) mass is 394 g/mol. The SMILES string of the molecule is O=C1Nc2ccccc2C1=C1OCc2cc(CCCNC(CO)C(=O)O)ccc21. The number of rotatable bonds is 7. The molecule has 4 rings (SSSR count). The molecule has 2 aromatic carbocycles. The van der Waals surface area contributed by atoms with Crippen molar-refractivity contribution in [2.24, 2.45) is 0 Å². The Hall–Kier alpha value is -3.16. The second-order valence-corrected chi connectivity index (χ2v) is 7.12. The molecule has 29 heavy (non-hydrogen) atoms. The van der Waals surface area contributed by atoms with Gasteiger partial charge >= 0.3 is 5.97 Å². The molecule has 2 aromatic rings. The predicted molar refractivity (Wildman–Crippen MR) is 108 cm³/mol. The molecule has 1 atom stereocenters. The highest BCUT2D eigenvalue weighted by atomic mass is 16.5. The average molecular weight is 394 g/mol. The largest absolute Gasteiger partial charge is 0.487 e. The number of hydrogen-bond acceptors (Lipinski definition) is 5. The molecule has 0 spiro atoms. The fraction of sp³-hybridized carbons (Fsp3) is 0.273. The molecule has 1 amide bonds. The third kappa shape index (κ3) is 3.74. The van der Waals surface area contributed by atoms with Crippen molar-refractivity contribution >= 4 is 28.9 Å². The molecule has 7 heteroatoms. The van der Waals surface area contributed by atoms with E-state index in [1.807, 2.05) is 36.4 Å². The van der Waals surface area contributed by atoms with E-state index in [-0.39, 0.29) is 5.91 Å². The van der Waals surface area contributed by atoms with Crippen LogP contribution in [-0.4, -0.2) is 41.3 Å². The first-order valence-corrected chi connectivity index (χ1v) is 9.55. The van der Waals surface area contributed by atoms with E-state index in [0.717, 1.165) is 40.8 Å². The van der Waals surface area contributed by atoms with E-state index in [9.17, 15) is 9.59 Å². The fourth-order valence-corrected chi connectivity index (χ4v) is 3.72. The van der Waals surface area contributed by atoms with Crippen molar-refractivity contribution in [2.75, 3.05) is 18.5 Å². The number of anilines is 1. The quantitative estimate of drug-likeness (QED) is 0.423. The highest BCUT2D eigenvalue weighted by Gasteiger charge is 2.32. The van der Waals surface area contributed by atoms with Gasteiger partial charge in [-0.1, -0.05) is 36.4 Å². The highest BCUT2D eigenvalue weighted by Crippen LogP contribution is 2.41. The lowest BCUT2D eigenvalue weighted by Crippen LogP contribution is -2.40. The zero-order valence-electron chi connectivity index (χ0n) is 15.8. The number of aliphatic carboxylic acids is 1. The number of carbonyl (C=O) groups excluding carboxylic acids is 1. The van der Waals surface area contributed by atoms with Gasteiger partial charge in [-0.2, -0.15) is 0 Å². The first-order valence-electron chi connectivity index (χ1n) is 9.55. The van der Waals surface area contributed by atoms with E-state index in [1.165, 1.54) is 0 Å². The molecule has 2 aliphatic rings. The molecular weight excluding hydrogens is 372 g/mol. The minimum absolute atomic E-state index is 0.152. The first-order chi connectivity index (χ1) is 14.1. The molecule has 0 radical (unpaired) electrons. The van der Waals surface area contributed by atoms with Gasteiger partial charge in [0.1, 0.15) is 18.4 Å². The molecule has 1 unspecified atom stereocenters. The summed E-state index contributed by atoms with van der Waals surface area (Å²) in [6.07, 6.45) is 1.51. The van der Waals surface area contributed by atoms with Crippen LogP contribution in [0.25, 0.3) is 11.3 Å². The zero-order valence-corrected chi connectivity index (χ0v) is 15.8. The van der Waals surface area contributed by atoms with Crippen LogP contribution in [0.4, 0.5) is 5.69 Å². The van der Waals surface area contributed by atoms with Crippen LogP contribution in [0.15, 0.2) is 42.5 Å². The Morgan fingerprint density at radius 3 is 2.83 bits per heavy atom. The first kappa shape index (κ1) is 19.2. The Labute approximate surface area is 168 Å². The predicted octanol–water partition coefficient (Wildman–Crippen LogP) is 2.00. The maximum absolute atomic E-state index is 12.5. The smallest absolute Gasteiger partial charge is 0.323 e. The van der Waals surface area contributed by atoms with Crippen molar-refractivity contribution in [3.8, 4) is 0 Å². The normalized spacial score (nSPS) is 18.0. The molecule has 0 saturated carbocycles. The molecule has 0 bridgehead atoms. The summed E-state index contributed by atoms with van der Waals surface area (Å²) in [4.78, 5) is 23.4. The molecular formula is C22H22N2O5. The van der Waals surface area contributed by atoms with Crippen LogP contribution in [0.5, 0.6) is 0 Å². The van der Waals surface area contributed by atoms with Gasteiger partial charge in [-0.05, 0) is 31.0 Å². The lowest BCUT2D eigenvalue weighted by atomic mass is 9.98. The maximum Gasteiger partial charge on any atom is 0.323 e. The highest BCUT2D eigenvalue weighted by molar-refractivity contribution is 6.36. The second kappa shape index (κ2) is 8.06. The topological polar surface area (TPSA) is 108 Å². The van der Waals surface area contributed by atoms with Crippen LogP contribution in [0.2, 0.25) is 0 Å². The molecule has 2 aliphatic heterocycles. The lowest BCUT2D eigenvalue weighted by Gasteiger charge is -2.11. The number of aliphatic hydroxyl groups is 1. The van der Waals surface area contributed by atoms with Gasteiger partial charge in [0.2, 0.25) is 0 Å². The number of fused-ring (bicyclic) bond motifs is 2. The van der Waals surface area contributed by atoms with Crippen LogP contribution >= 0.6 is 0 Å². The third-order valence-corrected chi connectivity index (χ3v) is 5.20. The zero-order chi connectivity index (χ0) is 20.4. The summed E-state index contributed by atoms with van der Waals surface area (Å²) in [6, 6.07) is 12.7. The molecule has 0 aromatic heterocycles. The number of carboxylic acids is 1. The molecule has 0 fully saturated rings. The van der Waals surface area contributed by atoms with Crippen molar-refractivity contribution in [1.29, 1.82) is 0 Å². The van der Waals surface area contributed by atoms with E-state index >= 15 is 0 Å². The Morgan fingerprint density at radius 1 is 1.21 bits per heavy atom. The summed E-state index contributed by atoms with van der Waals surface area (Å²) < 4.78 is 5.90. The standard InChI is InChI=1S/C22H22N2O5/c25-11-18(22(27)28)23-9-3-4-13-7-8-15-14(10-13)12-29-20(15)19-16-5-1-2-6-17(16)24-21(19)26/h1-2,5-8,10,18,23,25H,3-4,9,11-12H2,(H,24,26)(H,27,28). The molecule has 7 nitrogen and oxygen atoms in total. The Balaban J connectivity index is 1.48. The number of carbonyl (C=O) groups is 2. The van der Waals surface area contributed by atoms with Crippen LogP contribution in [0.3, 0.4) is 0 Å². The number of aryl methyl sites for hydroxylation is 1. The minimum Gasteiger partial charge on any atom is -0.487 e. The number of carboxylic acid groups (broad SMARTS) is 1. The van der Waals surface area contributed by atoms with Crippen molar-refractivity contribution in [3.05, 3.63) is 64.7 Å². The van der Waals surface area contributed by atoms with Gasteiger partial charge in [0, 0.05) is 22.4 Å². The van der Waals surface area contributed by atoms with Gasteiger partial charge in [0.25, 0.3) is 5.91 Å². The summed E-state index contributed by atoms with van der Waals surface area (Å²) >= 11 is 0. The summed E-state index contributed by atoms with van der Waals surface area (Å²) in [5.41, 5.74) is 5.30. The van der Waals surface area contributed by atoms with Crippen molar-refractivity contribution < 1.29 is 24.5 Å². The number of aliphatic hydroxyl groups excluding tert-OH is 1. The Kier molecular flexibility index (Phi) is 5.33. The number of amides is 1. The van der Waals surface area contributed by atoms with Gasteiger partial charge in [-0.25, -0.2) is 0 Å². The lowest BCUT2D eigenvalue weighted by molar-refractivity contribution is -0.140. The van der Waals surface area contributed by atoms with Crippen molar-refractivity contribution in [3.63, 3.8) is 0 Å². The van der Waals surface area contributed by atoms with Crippen molar-refractivity contribution in [2.45, 2.75) is 25.5 Å². The van der Waals surface area contributed by atoms with Gasteiger partial charge in [-0.3, -0.25) is 9.59 Å². The van der Waals surface area contributed by atoms with E-state index in [4.69, 9.17) is 14.9 Å². The number of nitrogens with one attached hydrogen (secondary N) is 2. The van der Waals surface area contributed by atoms with Crippen LogP contribution in [0.1, 0.15) is 28.7 Å². The number of ether oxygens (including phenoxy) is 1. The Morgan fingerprint density at radius 2 is 2.03 bits per heavy atom. The van der Waals surface area contributed by atoms with E-state index in [1.54, 1.807) is 0 Å². The third-order valence-electron chi connectivity index (χ3n) is 5.20. The van der Waals surface area contributed by atoms with Crippen LogP contribution < -0.4 is 10.6 Å². The van der Waals surface area contributed by atoms with E-state index < -0.39 is 18.6 Å². The van der Waals surface area contributed by atoms with Crippen LogP contribution in [0, 0.1) is 0 Å². The van der Waals surface area contributed by atoms with E-state index in [2.05, 4.69) is 16.7 Å². The van der Waals surface area contributed by atoms with Gasteiger partial charge in [0.15, 0.2) is 0 Å². The van der Waals surface area contributed by atoms with Crippen LogP contribution in [-0.2, 0) is 27.4 Å². The summed E-state index contributed by atoms with van der Waals surface area (Å²) in [7, 11) is 0. The van der Waals surface area contributed by atoms with Gasteiger partial charge in [-0.15, -0.1) is 0 Å². The van der Waals surface area contributed by atoms with Gasteiger partial charge in [0.05, 0.1) is 12.2 Å². The second-order valence-electron chi connectivity index (χ2n) is 7.12. The minimum atomic E-state index is -1.06. The average Bonchev–Trinajstić information content (AvgIpc) is 3.26. The molecule has 0 aliphatic carbocycles. The molecule has 4 N–H and O–H groups in total. The number of hydrogen-bond donors (Lipinski definition) is 4. The maximum atomic E-state index is 12.5. The van der Waals surface area contributed by atoms with E-state index in [0.29, 0.717) is 24.5 Å². The van der Waals surface area contributed by atoms with Crippen molar-refractivity contribution in [1.82, 2.24) is 5.32 Å². The number of para-hydroxylation sites is 1. The summed E-state index contributed by atoms with van der Waals surface area (Å²) in [5, 5.41) is 23.6. The summed E-state index contributed by atoms with van der Waals surface area (Å²) in [6.45, 7) is 0.484. The molecule has 2 heterocycles.